The second kappa shape index (κ2) is 26.6. The molecule has 0 aromatic heterocycles. The summed E-state index contributed by atoms with van der Waals surface area (Å²) in [6, 6.07) is 0. The van der Waals surface area contributed by atoms with Gasteiger partial charge in [0.15, 0.2) is 0 Å². The fourth-order valence-electron chi connectivity index (χ4n) is 1.03. The van der Waals surface area contributed by atoms with Gasteiger partial charge in [-0.3, -0.25) is 0 Å². The molecule has 0 atom stereocenters. The molecule has 0 radical (unpaired) electrons. The molecule has 0 aromatic rings. The van der Waals surface area contributed by atoms with Crippen molar-refractivity contribution in [2.75, 3.05) is 39.6 Å². The Balaban J connectivity index is -0.000000709. The van der Waals surface area contributed by atoms with E-state index in [1.54, 1.807) is 0 Å². The molecule has 0 aliphatic heterocycles. The minimum absolute atomic E-state index is 0. The molecule has 0 saturated heterocycles. The van der Waals surface area contributed by atoms with Gasteiger partial charge in [0.25, 0.3) is 0 Å². The van der Waals surface area contributed by atoms with E-state index >= 15 is 0 Å². The normalized spacial score (nSPS) is 9.39. The average molecular weight is 338 g/mol. The maximum atomic E-state index is 5.35. The molecule has 5 heteroatoms. The topological polar surface area (TPSA) is 27.7 Å². The molecule has 0 rings (SSSR count). The van der Waals surface area contributed by atoms with Crippen LogP contribution in [0.2, 0.25) is 5.05 Å². The van der Waals surface area contributed by atoms with Gasteiger partial charge in [-0.2, -0.15) is 0 Å². The van der Waals surface area contributed by atoms with E-state index in [1.807, 2.05) is 26.8 Å². The molecule has 0 aliphatic rings. The van der Waals surface area contributed by atoms with Crippen LogP contribution in [-0.2, 0) is 14.2 Å². The Bertz CT molecular complexity index is 106. The van der Waals surface area contributed by atoms with Crippen LogP contribution in [0.4, 0.5) is 0 Å². The van der Waals surface area contributed by atoms with E-state index < -0.39 is 0 Å². The van der Waals surface area contributed by atoms with Gasteiger partial charge in [-0.15, -0.1) is 0 Å². The molecule has 0 unspecified atom stereocenters. The first-order valence-electron chi connectivity index (χ1n) is 6.85. The first kappa shape index (κ1) is 24.2. The van der Waals surface area contributed by atoms with E-state index in [1.165, 1.54) is 12.8 Å². The second-order valence-corrected chi connectivity index (χ2v) is 3.54. The van der Waals surface area contributed by atoms with Crippen LogP contribution < -0.4 is 17.0 Å². The molecular weight excluding hydrogens is 308 g/mol. The molecule has 0 heterocycles. The van der Waals surface area contributed by atoms with Crippen molar-refractivity contribution in [1.82, 2.24) is 0 Å². The van der Waals surface area contributed by atoms with Gasteiger partial charge in [0.1, 0.15) is 0 Å². The SMILES string of the molecule is CCCCOCCOCCOCCCC.[Br-].[CH3][Mg+]. The zero-order valence-corrected chi connectivity index (χ0v) is 15.4. The van der Waals surface area contributed by atoms with Crippen LogP contribution in [0.5, 0.6) is 0 Å². The summed E-state index contributed by atoms with van der Waals surface area (Å²) in [5.74, 6) is 0. The summed E-state index contributed by atoms with van der Waals surface area (Å²) >= 11 is 1.86. The molecule has 0 saturated carbocycles. The number of unbranched alkanes of at least 4 members (excludes halogenated alkanes) is 2. The molecule has 108 valence electrons. The minimum atomic E-state index is 0. The first-order valence-corrected chi connectivity index (χ1v) is 8.27. The number of hydrogen-bond donors (Lipinski definition) is 0. The Labute approximate surface area is 137 Å². The second-order valence-electron chi connectivity index (χ2n) is 3.54. The summed E-state index contributed by atoms with van der Waals surface area (Å²) in [5.41, 5.74) is 0. The summed E-state index contributed by atoms with van der Waals surface area (Å²) in [6.45, 7) is 8.80. The van der Waals surface area contributed by atoms with Crippen LogP contribution >= 0.6 is 0 Å². The van der Waals surface area contributed by atoms with Gasteiger partial charge in [-0.05, 0) is 12.8 Å². The molecule has 0 aromatic carbocycles. The number of ether oxygens (including phenoxy) is 3. The summed E-state index contributed by atoms with van der Waals surface area (Å²) in [4.78, 5) is 0. The summed E-state index contributed by atoms with van der Waals surface area (Å²) < 4.78 is 16.1. The summed E-state index contributed by atoms with van der Waals surface area (Å²) in [7, 11) is 0. The molecule has 0 amide bonds. The van der Waals surface area contributed by atoms with E-state index in [4.69, 9.17) is 14.2 Å². The Morgan fingerprint density at radius 2 is 0.889 bits per heavy atom. The number of halogens is 1. The average Bonchev–Trinajstić information content (AvgIpc) is 2.38. The summed E-state index contributed by atoms with van der Waals surface area (Å²) in [6.07, 6.45) is 4.65. The Kier molecular flexibility index (Phi) is 35.8. The molecule has 0 N–H and O–H groups in total. The maximum absolute atomic E-state index is 5.35. The van der Waals surface area contributed by atoms with Crippen molar-refractivity contribution < 1.29 is 31.2 Å². The van der Waals surface area contributed by atoms with Crippen molar-refractivity contribution in [1.29, 1.82) is 0 Å². The van der Waals surface area contributed by atoms with Crippen LogP contribution in [0.3, 0.4) is 0 Å². The third kappa shape index (κ3) is 25.8. The molecule has 3 nitrogen and oxygen atoms in total. The van der Waals surface area contributed by atoms with E-state index in [-0.39, 0.29) is 17.0 Å². The van der Waals surface area contributed by atoms with Crippen molar-refractivity contribution >= 4 is 21.7 Å². The predicted molar refractivity (Wildman–Crippen MR) is 73.9 cm³/mol. The van der Waals surface area contributed by atoms with Crippen molar-refractivity contribution in [3.8, 4) is 0 Å². The molecule has 0 spiro atoms. The monoisotopic (exact) mass is 336 g/mol. The zero-order valence-electron chi connectivity index (χ0n) is 12.4. The van der Waals surface area contributed by atoms with E-state index in [0.29, 0.717) is 26.4 Å². The third-order valence-corrected chi connectivity index (χ3v) is 2.03. The standard InChI is InChI=1S/C12H26O3.CH3.BrH.Mg/c1-3-5-7-13-9-11-15-12-10-14-8-6-4-2;;;/h3-12H2,1-2H3;1H3;1H;/q;;;+1/p-1. The Morgan fingerprint density at radius 3 is 1.17 bits per heavy atom. The van der Waals surface area contributed by atoms with Crippen molar-refractivity contribution in [2.45, 2.75) is 44.6 Å². The van der Waals surface area contributed by atoms with Crippen molar-refractivity contribution in [2.24, 2.45) is 0 Å². The van der Waals surface area contributed by atoms with Gasteiger partial charge < -0.3 is 31.2 Å². The number of rotatable bonds is 12. The molecule has 0 fully saturated rings. The van der Waals surface area contributed by atoms with Crippen LogP contribution in [0.15, 0.2) is 0 Å². The molecule has 0 aliphatic carbocycles. The van der Waals surface area contributed by atoms with E-state index in [9.17, 15) is 0 Å². The van der Waals surface area contributed by atoms with Gasteiger partial charge >= 0.3 is 26.8 Å². The quantitative estimate of drug-likeness (QED) is 0.366. The number of hydrogen-bond acceptors (Lipinski definition) is 3. The first-order chi connectivity index (χ1) is 8.41. The predicted octanol–water partition coefficient (Wildman–Crippen LogP) is -0.157. The van der Waals surface area contributed by atoms with Crippen LogP contribution in [0, 0.1) is 0 Å². The van der Waals surface area contributed by atoms with E-state index in [0.717, 1.165) is 26.1 Å². The van der Waals surface area contributed by atoms with Crippen molar-refractivity contribution in [3.05, 3.63) is 0 Å². The molecule has 18 heavy (non-hydrogen) atoms. The zero-order chi connectivity index (χ0) is 13.2. The fraction of sp³-hybridized carbons (Fsp3) is 1.00. The van der Waals surface area contributed by atoms with Crippen LogP contribution in [0.1, 0.15) is 39.5 Å². The fourth-order valence-corrected chi connectivity index (χ4v) is 1.03. The Hall–Kier alpha value is 1.13. The summed E-state index contributed by atoms with van der Waals surface area (Å²) in [5, 5.41) is 2.03. The molecular formula is C13H29BrMgO3. The van der Waals surface area contributed by atoms with Gasteiger partial charge in [-0.25, -0.2) is 0 Å². The van der Waals surface area contributed by atoms with Crippen molar-refractivity contribution in [3.63, 3.8) is 0 Å². The third-order valence-electron chi connectivity index (χ3n) is 2.03. The Morgan fingerprint density at radius 1 is 0.611 bits per heavy atom. The van der Waals surface area contributed by atoms with Gasteiger partial charge in [0.05, 0.1) is 26.4 Å². The van der Waals surface area contributed by atoms with Crippen LogP contribution in [-0.4, -0.2) is 61.4 Å². The van der Waals surface area contributed by atoms with E-state index in [2.05, 4.69) is 13.8 Å². The van der Waals surface area contributed by atoms with Gasteiger partial charge in [0, 0.05) is 13.2 Å². The van der Waals surface area contributed by atoms with Gasteiger partial charge in [0.2, 0.25) is 0 Å². The molecule has 0 bridgehead atoms. The van der Waals surface area contributed by atoms with Crippen LogP contribution in [0.25, 0.3) is 0 Å². The van der Waals surface area contributed by atoms with Gasteiger partial charge in [-0.1, -0.05) is 26.7 Å².